The molecule has 2 aromatic rings. The lowest BCUT2D eigenvalue weighted by Crippen LogP contribution is -2.35. The van der Waals surface area contributed by atoms with E-state index in [2.05, 4.69) is 11.1 Å². The van der Waals surface area contributed by atoms with E-state index >= 15 is 0 Å². The van der Waals surface area contributed by atoms with Crippen LogP contribution in [0.5, 0.6) is 0 Å². The zero-order chi connectivity index (χ0) is 18.0. The van der Waals surface area contributed by atoms with E-state index in [-0.39, 0.29) is 5.25 Å². The molecule has 6 nitrogen and oxygen atoms in total. The highest BCUT2D eigenvalue weighted by Gasteiger charge is 2.26. The van der Waals surface area contributed by atoms with Crippen LogP contribution in [0.1, 0.15) is 33.1 Å². The summed E-state index contributed by atoms with van der Waals surface area (Å²) in [7, 11) is -3.47. The Hall–Kier alpha value is -1.56. The lowest BCUT2D eigenvalue weighted by atomic mass is 10.2. The van der Waals surface area contributed by atoms with Gasteiger partial charge in [-0.25, -0.2) is 13.4 Å². The minimum Gasteiger partial charge on any atom is -0.319 e. The number of fused-ring (bicyclic) bond motifs is 1. The second kappa shape index (κ2) is 7.36. The van der Waals surface area contributed by atoms with Gasteiger partial charge in [0.15, 0.2) is 5.16 Å². The summed E-state index contributed by atoms with van der Waals surface area (Å²) in [4.78, 5) is 4.88. The van der Waals surface area contributed by atoms with E-state index in [1.54, 1.807) is 16.4 Å². The van der Waals surface area contributed by atoms with Gasteiger partial charge in [0.1, 0.15) is 0 Å². The van der Waals surface area contributed by atoms with Crippen LogP contribution in [0.3, 0.4) is 0 Å². The number of hydrogen-bond donors (Lipinski definition) is 0. The summed E-state index contributed by atoms with van der Waals surface area (Å²) in [5.74, 6) is 0. The maximum atomic E-state index is 12.9. The summed E-state index contributed by atoms with van der Waals surface area (Å²) in [6.45, 7) is 5.74. The highest BCUT2D eigenvalue weighted by molar-refractivity contribution is 8.00. The van der Waals surface area contributed by atoms with Crippen LogP contribution in [-0.4, -0.2) is 40.6 Å². The van der Waals surface area contributed by atoms with Gasteiger partial charge in [0, 0.05) is 19.6 Å². The van der Waals surface area contributed by atoms with Crippen LogP contribution in [0.15, 0.2) is 28.3 Å². The number of rotatable bonds is 5. The minimum absolute atomic E-state index is 0.210. The molecule has 1 aliphatic rings. The van der Waals surface area contributed by atoms with Crippen molar-refractivity contribution in [2.75, 3.05) is 13.1 Å². The number of aromatic nitrogens is 2. The van der Waals surface area contributed by atoms with Crippen molar-refractivity contribution in [2.45, 2.75) is 55.0 Å². The number of nitrogens with zero attached hydrogens (tertiary/aromatic N) is 4. The Morgan fingerprint density at radius 2 is 2.04 bits per heavy atom. The number of hydrogen-bond acceptors (Lipinski definition) is 5. The molecule has 0 amide bonds. The molecule has 25 heavy (non-hydrogen) atoms. The smallest absolute Gasteiger partial charge is 0.243 e. The van der Waals surface area contributed by atoms with E-state index in [9.17, 15) is 8.42 Å². The van der Waals surface area contributed by atoms with E-state index in [1.165, 1.54) is 11.8 Å². The summed E-state index contributed by atoms with van der Waals surface area (Å²) in [5, 5.41) is 9.58. The van der Waals surface area contributed by atoms with E-state index in [4.69, 9.17) is 5.26 Å². The molecular weight excluding hydrogens is 356 g/mol. The van der Waals surface area contributed by atoms with Crippen molar-refractivity contribution < 1.29 is 8.42 Å². The average Bonchev–Trinajstić information content (AvgIpc) is 2.98. The standard InChI is InChI=1S/C17H22N4O2S2/c1-3-21-16-8-7-14(25(22,23)20-9-5-4-6-10-20)11-15(16)19-17(21)24-13(2)12-18/h7-8,11,13H,3-6,9-10H2,1-2H3/t13-/m0/s1. The van der Waals surface area contributed by atoms with Crippen LogP contribution in [0, 0.1) is 11.3 Å². The molecule has 0 bridgehead atoms. The van der Waals surface area contributed by atoms with Gasteiger partial charge in [-0.15, -0.1) is 0 Å². The first kappa shape index (κ1) is 18.2. The van der Waals surface area contributed by atoms with Crippen molar-refractivity contribution in [3.05, 3.63) is 18.2 Å². The van der Waals surface area contributed by atoms with Crippen LogP contribution in [0.25, 0.3) is 11.0 Å². The first-order valence-electron chi connectivity index (χ1n) is 8.54. The Labute approximate surface area is 152 Å². The summed E-state index contributed by atoms with van der Waals surface area (Å²) in [5.41, 5.74) is 1.56. The van der Waals surface area contributed by atoms with Crippen LogP contribution in [0.2, 0.25) is 0 Å². The monoisotopic (exact) mass is 378 g/mol. The molecule has 3 rings (SSSR count). The molecule has 0 saturated carbocycles. The first-order valence-corrected chi connectivity index (χ1v) is 10.9. The van der Waals surface area contributed by atoms with Gasteiger partial charge in [-0.3, -0.25) is 0 Å². The normalized spacial score (nSPS) is 17.5. The van der Waals surface area contributed by atoms with Gasteiger partial charge >= 0.3 is 0 Å². The Morgan fingerprint density at radius 3 is 2.68 bits per heavy atom. The van der Waals surface area contributed by atoms with E-state index in [0.29, 0.717) is 23.5 Å². The molecule has 0 spiro atoms. The number of nitriles is 1. The molecule has 0 N–H and O–H groups in total. The van der Waals surface area contributed by atoms with Gasteiger partial charge < -0.3 is 4.57 Å². The summed E-state index contributed by atoms with van der Waals surface area (Å²) in [6.07, 6.45) is 2.92. The molecule has 1 aromatic carbocycles. The summed E-state index contributed by atoms with van der Waals surface area (Å²) in [6, 6.07) is 7.35. The third kappa shape index (κ3) is 3.54. The number of thioether (sulfide) groups is 1. The van der Waals surface area contributed by atoms with Crippen molar-refractivity contribution >= 4 is 32.8 Å². The SMILES string of the molecule is CCn1c(S[C@@H](C)C#N)nc2cc(S(=O)(=O)N3CCCCC3)ccc21. The number of aryl methyl sites for hydroxylation is 1. The quantitative estimate of drug-likeness (QED) is 0.746. The van der Waals surface area contributed by atoms with Crippen LogP contribution < -0.4 is 0 Å². The van der Waals surface area contributed by atoms with Crippen molar-refractivity contribution in [3.8, 4) is 6.07 Å². The van der Waals surface area contributed by atoms with Crippen molar-refractivity contribution in [1.82, 2.24) is 13.9 Å². The Kier molecular flexibility index (Phi) is 5.37. The molecule has 1 aliphatic heterocycles. The average molecular weight is 379 g/mol. The van der Waals surface area contributed by atoms with E-state index < -0.39 is 10.0 Å². The second-order valence-corrected chi connectivity index (χ2v) is 9.39. The molecule has 1 saturated heterocycles. The zero-order valence-corrected chi connectivity index (χ0v) is 16.1. The Morgan fingerprint density at radius 1 is 1.32 bits per heavy atom. The maximum absolute atomic E-state index is 12.9. The highest BCUT2D eigenvalue weighted by atomic mass is 32.2. The summed E-state index contributed by atoms with van der Waals surface area (Å²) >= 11 is 1.39. The van der Waals surface area contributed by atoms with Crippen molar-refractivity contribution in [3.63, 3.8) is 0 Å². The van der Waals surface area contributed by atoms with Gasteiger partial charge in [0.05, 0.1) is 27.2 Å². The molecule has 8 heteroatoms. The lowest BCUT2D eigenvalue weighted by Gasteiger charge is -2.25. The number of piperidine rings is 1. The molecular formula is C17H22N4O2S2. The number of sulfonamides is 1. The number of imidazole rings is 1. The molecule has 2 heterocycles. The molecule has 0 aliphatic carbocycles. The van der Waals surface area contributed by atoms with Crippen LogP contribution in [-0.2, 0) is 16.6 Å². The van der Waals surface area contributed by atoms with Crippen LogP contribution in [0.4, 0.5) is 0 Å². The molecule has 1 fully saturated rings. The molecule has 0 unspecified atom stereocenters. The van der Waals surface area contributed by atoms with Gasteiger partial charge in [-0.2, -0.15) is 9.57 Å². The third-order valence-electron chi connectivity index (χ3n) is 4.42. The Balaban J connectivity index is 2.01. The molecule has 134 valence electrons. The van der Waals surface area contributed by atoms with Gasteiger partial charge in [0.25, 0.3) is 0 Å². The Bertz CT molecular complexity index is 909. The fraction of sp³-hybridized carbons (Fsp3) is 0.529. The first-order chi connectivity index (χ1) is 12.0. The third-order valence-corrected chi connectivity index (χ3v) is 7.29. The van der Waals surface area contributed by atoms with Gasteiger partial charge in [0.2, 0.25) is 10.0 Å². The summed E-state index contributed by atoms with van der Waals surface area (Å²) < 4.78 is 29.3. The predicted molar refractivity (Wildman–Crippen MR) is 98.9 cm³/mol. The van der Waals surface area contributed by atoms with Crippen LogP contribution >= 0.6 is 11.8 Å². The van der Waals surface area contributed by atoms with E-state index in [0.717, 1.165) is 36.5 Å². The lowest BCUT2D eigenvalue weighted by molar-refractivity contribution is 0.346. The molecule has 1 aromatic heterocycles. The fourth-order valence-electron chi connectivity index (χ4n) is 3.08. The van der Waals surface area contributed by atoms with Gasteiger partial charge in [-0.1, -0.05) is 18.2 Å². The second-order valence-electron chi connectivity index (χ2n) is 6.14. The van der Waals surface area contributed by atoms with Gasteiger partial charge in [-0.05, 0) is 44.9 Å². The largest absolute Gasteiger partial charge is 0.319 e. The molecule has 0 radical (unpaired) electrons. The predicted octanol–water partition coefficient (Wildman–Crippen LogP) is 3.23. The minimum atomic E-state index is -3.47. The van der Waals surface area contributed by atoms with Crippen molar-refractivity contribution in [2.24, 2.45) is 0 Å². The topological polar surface area (TPSA) is 79.0 Å². The highest BCUT2D eigenvalue weighted by Crippen LogP contribution is 2.29. The van der Waals surface area contributed by atoms with Crippen molar-refractivity contribution in [1.29, 1.82) is 5.26 Å². The number of benzene rings is 1. The fourth-order valence-corrected chi connectivity index (χ4v) is 5.49. The maximum Gasteiger partial charge on any atom is 0.243 e. The van der Waals surface area contributed by atoms with E-state index in [1.807, 2.05) is 24.5 Å². The zero-order valence-electron chi connectivity index (χ0n) is 14.5. The molecule has 1 atom stereocenters.